The molecule has 0 aliphatic carbocycles. The van der Waals surface area contributed by atoms with Gasteiger partial charge >= 0.3 is 6.61 Å². The minimum Gasteiger partial charge on any atom is -0.493 e. The van der Waals surface area contributed by atoms with Gasteiger partial charge in [0.1, 0.15) is 0 Å². The van der Waals surface area contributed by atoms with E-state index in [-0.39, 0.29) is 17.5 Å². The van der Waals surface area contributed by atoms with Gasteiger partial charge in [0.2, 0.25) is 0 Å². The van der Waals surface area contributed by atoms with E-state index in [1.165, 1.54) is 7.11 Å². The van der Waals surface area contributed by atoms with Crippen molar-refractivity contribution in [3.05, 3.63) is 23.8 Å². The van der Waals surface area contributed by atoms with Gasteiger partial charge in [-0.1, -0.05) is 6.07 Å². The smallest absolute Gasteiger partial charge is 0.387 e. The van der Waals surface area contributed by atoms with E-state index < -0.39 is 6.61 Å². The quantitative estimate of drug-likeness (QED) is 0.865. The molecule has 2 N–H and O–H groups in total. The van der Waals surface area contributed by atoms with Crippen LogP contribution in [0.4, 0.5) is 8.78 Å². The summed E-state index contributed by atoms with van der Waals surface area (Å²) in [6.07, 6.45) is 0. The Kier molecular flexibility index (Phi) is 5.72. The molecule has 2 rings (SSSR count). The van der Waals surface area contributed by atoms with Gasteiger partial charge in [0, 0.05) is 25.7 Å². The molecule has 1 aliphatic heterocycles. The monoisotopic (exact) mass is 302 g/mol. The Morgan fingerprint density at radius 3 is 2.57 bits per heavy atom. The first-order valence-corrected chi connectivity index (χ1v) is 6.80. The van der Waals surface area contributed by atoms with E-state index >= 15 is 0 Å². The minimum atomic E-state index is -2.89. The third kappa shape index (κ3) is 4.03. The molecule has 0 spiro atoms. The molecule has 0 bridgehead atoms. The summed E-state index contributed by atoms with van der Waals surface area (Å²) in [7, 11) is 1.41. The lowest BCUT2D eigenvalue weighted by Crippen LogP contribution is -2.41. The van der Waals surface area contributed by atoms with Gasteiger partial charge in [0.05, 0.1) is 20.3 Å². The highest BCUT2D eigenvalue weighted by atomic mass is 19.3. The van der Waals surface area contributed by atoms with Crippen LogP contribution in [0.25, 0.3) is 0 Å². The van der Waals surface area contributed by atoms with Crippen molar-refractivity contribution in [2.75, 3.05) is 40.0 Å². The van der Waals surface area contributed by atoms with Gasteiger partial charge in [0.25, 0.3) is 0 Å². The van der Waals surface area contributed by atoms with Gasteiger partial charge in [0.15, 0.2) is 11.5 Å². The van der Waals surface area contributed by atoms with Crippen LogP contribution in [-0.4, -0.2) is 51.5 Å². The lowest BCUT2D eigenvalue weighted by Gasteiger charge is -2.34. The van der Waals surface area contributed by atoms with E-state index in [2.05, 4.69) is 9.64 Å². The maximum Gasteiger partial charge on any atom is 0.387 e. The zero-order chi connectivity index (χ0) is 15.2. The highest BCUT2D eigenvalue weighted by Gasteiger charge is 2.23. The number of morpholine rings is 1. The number of ether oxygens (including phenoxy) is 3. The largest absolute Gasteiger partial charge is 0.493 e. The SMILES string of the molecule is COc1ccc(C(CN)N2CCOCC2)cc1OC(F)F. The van der Waals surface area contributed by atoms with Gasteiger partial charge in [-0.25, -0.2) is 0 Å². The van der Waals surface area contributed by atoms with Crippen molar-refractivity contribution >= 4 is 0 Å². The molecule has 21 heavy (non-hydrogen) atoms. The number of rotatable bonds is 6. The van der Waals surface area contributed by atoms with Gasteiger partial charge < -0.3 is 19.9 Å². The molecule has 5 nitrogen and oxygen atoms in total. The average molecular weight is 302 g/mol. The van der Waals surface area contributed by atoms with E-state index in [4.69, 9.17) is 15.2 Å². The first-order chi connectivity index (χ1) is 10.2. The summed E-state index contributed by atoms with van der Waals surface area (Å²) in [6, 6.07) is 4.96. The molecule has 118 valence electrons. The molecular formula is C14H20F2N2O3. The lowest BCUT2D eigenvalue weighted by atomic mass is 10.0. The second kappa shape index (κ2) is 7.53. The number of hydrogen-bond donors (Lipinski definition) is 1. The summed E-state index contributed by atoms with van der Waals surface area (Å²) in [5, 5.41) is 0. The Bertz CT molecular complexity index is 454. The minimum absolute atomic E-state index is 0.0247. The van der Waals surface area contributed by atoms with E-state index in [1.807, 2.05) is 6.07 Å². The van der Waals surface area contributed by atoms with Crippen LogP contribution in [0.1, 0.15) is 11.6 Å². The Balaban J connectivity index is 2.23. The van der Waals surface area contributed by atoms with Crippen LogP contribution < -0.4 is 15.2 Å². The van der Waals surface area contributed by atoms with Crippen LogP contribution in [0.15, 0.2) is 18.2 Å². The Morgan fingerprint density at radius 1 is 1.29 bits per heavy atom. The fourth-order valence-corrected chi connectivity index (χ4v) is 2.47. The van der Waals surface area contributed by atoms with E-state index in [1.54, 1.807) is 12.1 Å². The summed E-state index contributed by atoms with van der Waals surface area (Å²) < 4.78 is 39.8. The Morgan fingerprint density at radius 2 is 2.00 bits per heavy atom. The molecule has 1 unspecified atom stereocenters. The molecule has 1 aromatic rings. The van der Waals surface area contributed by atoms with E-state index in [9.17, 15) is 8.78 Å². The highest BCUT2D eigenvalue weighted by Crippen LogP contribution is 2.33. The normalized spacial score (nSPS) is 17.8. The standard InChI is InChI=1S/C14H20F2N2O3/c1-19-12-3-2-10(8-13(12)21-14(15)16)11(9-17)18-4-6-20-7-5-18/h2-3,8,11,14H,4-7,9,17H2,1H3. The fourth-order valence-electron chi connectivity index (χ4n) is 2.47. The van der Waals surface area contributed by atoms with Crippen molar-refractivity contribution in [2.45, 2.75) is 12.7 Å². The molecule has 0 aromatic heterocycles. The van der Waals surface area contributed by atoms with Gasteiger partial charge in [-0.2, -0.15) is 8.78 Å². The number of nitrogens with two attached hydrogens (primary N) is 1. The van der Waals surface area contributed by atoms with Crippen molar-refractivity contribution < 1.29 is 23.0 Å². The molecule has 7 heteroatoms. The summed E-state index contributed by atoms with van der Waals surface area (Å²) in [4.78, 5) is 2.18. The van der Waals surface area contributed by atoms with Crippen LogP contribution in [0.2, 0.25) is 0 Å². The number of benzene rings is 1. The Hall–Kier alpha value is -1.44. The topological polar surface area (TPSA) is 57.0 Å². The van der Waals surface area contributed by atoms with Crippen molar-refractivity contribution in [1.29, 1.82) is 0 Å². The molecule has 1 aromatic carbocycles. The summed E-state index contributed by atoms with van der Waals surface area (Å²) in [5.41, 5.74) is 6.68. The maximum atomic E-state index is 12.5. The molecule has 1 aliphatic rings. The first kappa shape index (κ1) is 15.9. The first-order valence-electron chi connectivity index (χ1n) is 6.80. The molecule has 0 radical (unpaired) electrons. The predicted octanol–water partition coefficient (Wildman–Crippen LogP) is 1.63. The molecular weight excluding hydrogens is 282 g/mol. The average Bonchev–Trinajstić information content (AvgIpc) is 2.49. The van der Waals surface area contributed by atoms with Gasteiger partial charge in [-0.15, -0.1) is 0 Å². The molecule has 0 saturated carbocycles. The predicted molar refractivity (Wildman–Crippen MR) is 73.8 cm³/mol. The fraction of sp³-hybridized carbons (Fsp3) is 0.571. The van der Waals surface area contributed by atoms with E-state index in [0.29, 0.717) is 19.8 Å². The number of alkyl halides is 2. The number of halogens is 2. The second-order valence-corrected chi connectivity index (χ2v) is 4.69. The van der Waals surface area contributed by atoms with Crippen LogP contribution in [0.3, 0.4) is 0 Å². The summed E-state index contributed by atoms with van der Waals surface area (Å²) >= 11 is 0. The van der Waals surface area contributed by atoms with Crippen molar-refractivity contribution in [1.82, 2.24) is 4.90 Å². The van der Waals surface area contributed by atoms with Crippen LogP contribution in [0, 0.1) is 0 Å². The Labute approximate surface area is 122 Å². The zero-order valence-corrected chi connectivity index (χ0v) is 11.9. The lowest BCUT2D eigenvalue weighted by molar-refractivity contribution is -0.0513. The molecule has 1 heterocycles. The van der Waals surface area contributed by atoms with E-state index in [0.717, 1.165) is 18.7 Å². The van der Waals surface area contributed by atoms with Crippen LogP contribution >= 0.6 is 0 Å². The number of hydrogen-bond acceptors (Lipinski definition) is 5. The second-order valence-electron chi connectivity index (χ2n) is 4.69. The number of methoxy groups -OCH3 is 1. The van der Waals surface area contributed by atoms with Gasteiger partial charge in [-0.05, 0) is 17.7 Å². The third-order valence-corrected chi connectivity index (χ3v) is 3.50. The third-order valence-electron chi connectivity index (χ3n) is 3.50. The summed E-state index contributed by atoms with van der Waals surface area (Å²) in [5.74, 6) is 0.300. The maximum absolute atomic E-state index is 12.5. The molecule has 0 amide bonds. The summed E-state index contributed by atoms with van der Waals surface area (Å²) in [6.45, 7) is 0.312. The zero-order valence-electron chi connectivity index (χ0n) is 11.9. The molecule has 1 saturated heterocycles. The van der Waals surface area contributed by atoms with Crippen LogP contribution in [-0.2, 0) is 4.74 Å². The molecule has 1 fully saturated rings. The molecule has 1 atom stereocenters. The number of nitrogens with zero attached hydrogens (tertiary/aromatic N) is 1. The highest BCUT2D eigenvalue weighted by molar-refractivity contribution is 5.44. The van der Waals surface area contributed by atoms with Crippen molar-refractivity contribution in [2.24, 2.45) is 5.73 Å². The van der Waals surface area contributed by atoms with Crippen molar-refractivity contribution in [3.8, 4) is 11.5 Å². The van der Waals surface area contributed by atoms with Crippen LogP contribution in [0.5, 0.6) is 11.5 Å². The van der Waals surface area contributed by atoms with Gasteiger partial charge in [-0.3, -0.25) is 4.90 Å². The van der Waals surface area contributed by atoms with Crippen molar-refractivity contribution in [3.63, 3.8) is 0 Å².